The molecule has 386 valence electrons. The van der Waals surface area contributed by atoms with Crippen molar-refractivity contribution in [3.63, 3.8) is 0 Å². The zero-order chi connectivity index (χ0) is 53.3. The molecule has 0 aliphatic rings. The van der Waals surface area contributed by atoms with Crippen LogP contribution in [0, 0.1) is 18.3 Å². The van der Waals surface area contributed by atoms with Gasteiger partial charge in [-0.2, -0.15) is 5.26 Å². The molecule has 0 bridgehead atoms. The smallest absolute Gasteiger partial charge is 0.343 e. The number of carbonyl (C=O) groups excluding carboxylic acids is 6. The molecule has 16 nitrogen and oxygen atoms in total. The number of ether oxygens (including phenoxy) is 9. The van der Waals surface area contributed by atoms with E-state index < -0.39 is 29.8 Å². The van der Waals surface area contributed by atoms with Crippen molar-refractivity contribution in [1.29, 1.82) is 5.26 Å². The SMILES string of the molecule is C=CC(=O)OCCCCCCCCOc1ccc(C(=O)Oc2ccc(C#N)cc2)cc1.C=CC(=O)OCCCOc1ccc(C(=O)Oc2ccc(OC(=O)c3ccc(OCCCOC(=O)C=C)cc3)c(C)c2)cc1. The Kier molecular flexibility index (Phi) is 25.6. The summed E-state index contributed by atoms with van der Waals surface area (Å²) in [6.07, 6.45) is 10.5. The number of esters is 6. The number of carbonyl (C=O) groups is 6. The second kappa shape index (κ2) is 32.8. The summed E-state index contributed by atoms with van der Waals surface area (Å²) in [6, 6.07) is 32.8. The first-order valence-corrected chi connectivity index (χ1v) is 23.7. The lowest BCUT2D eigenvalue weighted by Crippen LogP contribution is -2.11. The van der Waals surface area contributed by atoms with E-state index in [4.69, 9.17) is 47.9 Å². The highest BCUT2D eigenvalue weighted by Crippen LogP contribution is 2.26. The molecule has 5 aromatic carbocycles. The van der Waals surface area contributed by atoms with E-state index in [1.807, 2.05) is 6.07 Å². The molecule has 0 atom stereocenters. The fourth-order valence-electron chi connectivity index (χ4n) is 6.24. The van der Waals surface area contributed by atoms with Gasteiger partial charge in [0.1, 0.15) is 34.5 Å². The van der Waals surface area contributed by atoms with E-state index >= 15 is 0 Å². The number of benzene rings is 5. The molecule has 0 saturated carbocycles. The zero-order valence-electron chi connectivity index (χ0n) is 41.3. The fourth-order valence-corrected chi connectivity index (χ4v) is 6.24. The Hall–Kier alpha value is -8.97. The number of rotatable bonds is 29. The van der Waals surface area contributed by atoms with Gasteiger partial charge < -0.3 is 42.6 Å². The van der Waals surface area contributed by atoms with Crippen molar-refractivity contribution in [2.24, 2.45) is 0 Å². The van der Waals surface area contributed by atoms with Crippen molar-refractivity contribution in [2.45, 2.75) is 58.3 Å². The molecule has 0 heterocycles. The van der Waals surface area contributed by atoms with Gasteiger partial charge in [0.15, 0.2) is 0 Å². The second-order valence-corrected chi connectivity index (χ2v) is 15.8. The summed E-state index contributed by atoms with van der Waals surface area (Å²) in [5, 5.41) is 8.80. The lowest BCUT2D eigenvalue weighted by atomic mass is 10.1. The van der Waals surface area contributed by atoms with E-state index in [2.05, 4.69) is 19.7 Å². The van der Waals surface area contributed by atoms with Crippen LogP contribution in [0.15, 0.2) is 153 Å². The average molecular weight is 1010 g/mol. The number of nitriles is 1. The van der Waals surface area contributed by atoms with Gasteiger partial charge >= 0.3 is 35.8 Å². The number of unbranched alkanes of at least 4 members (excludes halogenated alkanes) is 5. The average Bonchev–Trinajstić information content (AvgIpc) is 3.42. The summed E-state index contributed by atoms with van der Waals surface area (Å²) in [4.78, 5) is 70.4. The normalized spacial score (nSPS) is 10.1. The molecular weight excluding hydrogens is 951 g/mol. The molecule has 0 aromatic heterocycles. The Bertz CT molecular complexity index is 2670. The molecule has 0 amide bonds. The maximum absolute atomic E-state index is 12.6. The number of hydrogen-bond donors (Lipinski definition) is 0. The molecule has 0 unspecified atom stereocenters. The van der Waals surface area contributed by atoms with Gasteiger partial charge in [0.2, 0.25) is 0 Å². The van der Waals surface area contributed by atoms with E-state index in [1.165, 1.54) is 12.1 Å². The van der Waals surface area contributed by atoms with Crippen molar-refractivity contribution in [1.82, 2.24) is 0 Å². The van der Waals surface area contributed by atoms with Crippen LogP contribution in [0.1, 0.15) is 93.6 Å². The quantitative estimate of drug-likeness (QED) is 0.0143. The lowest BCUT2D eigenvalue weighted by molar-refractivity contribution is -0.138. The van der Waals surface area contributed by atoms with Crippen LogP contribution in [0.4, 0.5) is 0 Å². The maximum Gasteiger partial charge on any atom is 0.343 e. The van der Waals surface area contributed by atoms with E-state index in [0.717, 1.165) is 50.7 Å². The Morgan fingerprint density at radius 3 is 1.16 bits per heavy atom. The Balaban J connectivity index is 0.000000338. The number of aryl methyl sites for hydroxylation is 1. The molecule has 5 rings (SSSR count). The van der Waals surface area contributed by atoms with Crippen molar-refractivity contribution in [3.8, 4) is 40.6 Å². The number of hydrogen-bond acceptors (Lipinski definition) is 16. The van der Waals surface area contributed by atoms with Crippen LogP contribution < -0.4 is 28.4 Å². The predicted molar refractivity (Wildman–Crippen MR) is 273 cm³/mol. The highest BCUT2D eigenvalue weighted by atomic mass is 16.6. The van der Waals surface area contributed by atoms with Gasteiger partial charge in [-0.25, -0.2) is 28.8 Å². The van der Waals surface area contributed by atoms with Gasteiger partial charge in [0.25, 0.3) is 0 Å². The van der Waals surface area contributed by atoms with Gasteiger partial charge in [-0.3, -0.25) is 0 Å². The van der Waals surface area contributed by atoms with Crippen molar-refractivity contribution in [2.75, 3.05) is 39.6 Å². The lowest BCUT2D eigenvalue weighted by Gasteiger charge is -2.11. The van der Waals surface area contributed by atoms with Crippen LogP contribution in [0.5, 0.6) is 34.5 Å². The van der Waals surface area contributed by atoms with Crippen molar-refractivity contribution in [3.05, 3.63) is 181 Å². The minimum absolute atomic E-state index is 0.218. The topological polar surface area (TPSA) is 209 Å². The van der Waals surface area contributed by atoms with Gasteiger partial charge in [-0.15, -0.1) is 0 Å². The molecule has 0 saturated heterocycles. The number of nitrogens with zero attached hydrogens (tertiary/aromatic N) is 1. The monoisotopic (exact) mass is 1010 g/mol. The third kappa shape index (κ3) is 22.0. The molecule has 16 heteroatoms. The summed E-state index contributed by atoms with van der Waals surface area (Å²) >= 11 is 0. The Labute approximate surface area is 430 Å². The third-order valence-electron chi connectivity index (χ3n) is 10.2. The maximum atomic E-state index is 12.6. The highest BCUT2D eigenvalue weighted by molar-refractivity contribution is 5.93. The summed E-state index contributed by atoms with van der Waals surface area (Å²) in [5.74, 6) is -0.103. The van der Waals surface area contributed by atoms with Crippen LogP contribution in [0.25, 0.3) is 0 Å². The summed E-state index contributed by atoms with van der Waals surface area (Å²) in [6.45, 7) is 13.9. The molecule has 0 aliphatic heterocycles. The van der Waals surface area contributed by atoms with Crippen LogP contribution in [-0.2, 0) is 28.6 Å². The summed E-state index contributed by atoms with van der Waals surface area (Å²) in [5.41, 5.74) is 2.18. The molecule has 0 radical (unpaired) electrons. The van der Waals surface area contributed by atoms with Crippen molar-refractivity contribution < 1.29 is 71.4 Å². The van der Waals surface area contributed by atoms with E-state index in [9.17, 15) is 28.8 Å². The molecular formula is C58H59NO15. The van der Waals surface area contributed by atoms with E-state index in [0.29, 0.717) is 95.8 Å². The highest BCUT2D eigenvalue weighted by Gasteiger charge is 2.15. The van der Waals surface area contributed by atoms with Gasteiger partial charge in [0, 0.05) is 31.1 Å². The first-order chi connectivity index (χ1) is 35.9. The Morgan fingerprint density at radius 1 is 0.419 bits per heavy atom. The summed E-state index contributed by atoms with van der Waals surface area (Å²) < 4.78 is 47.9. The van der Waals surface area contributed by atoms with Crippen LogP contribution in [-0.4, -0.2) is 75.5 Å². The molecule has 5 aromatic rings. The van der Waals surface area contributed by atoms with Gasteiger partial charge in [-0.05, 0) is 141 Å². The first kappa shape index (κ1) is 57.6. The zero-order valence-corrected chi connectivity index (χ0v) is 41.3. The minimum atomic E-state index is -0.563. The first-order valence-electron chi connectivity index (χ1n) is 23.7. The second-order valence-electron chi connectivity index (χ2n) is 15.8. The molecule has 0 aliphatic carbocycles. The minimum Gasteiger partial charge on any atom is -0.494 e. The predicted octanol–water partition coefficient (Wildman–Crippen LogP) is 10.7. The molecule has 0 spiro atoms. The molecule has 0 N–H and O–H groups in total. The van der Waals surface area contributed by atoms with Crippen LogP contribution in [0.2, 0.25) is 0 Å². The van der Waals surface area contributed by atoms with Crippen LogP contribution in [0.3, 0.4) is 0 Å². The van der Waals surface area contributed by atoms with Crippen LogP contribution >= 0.6 is 0 Å². The molecule has 74 heavy (non-hydrogen) atoms. The van der Waals surface area contributed by atoms with Crippen molar-refractivity contribution >= 4 is 35.8 Å². The Morgan fingerprint density at radius 2 is 0.757 bits per heavy atom. The van der Waals surface area contributed by atoms with E-state index in [1.54, 1.807) is 116 Å². The van der Waals surface area contributed by atoms with Gasteiger partial charge in [0.05, 0.1) is 68.0 Å². The largest absolute Gasteiger partial charge is 0.494 e. The van der Waals surface area contributed by atoms with E-state index in [-0.39, 0.29) is 24.9 Å². The van der Waals surface area contributed by atoms with Gasteiger partial charge in [-0.1, -0.05) is 45.4 Å². The summed E-state index contributed by atoms with van der Waals surface area (Å²) in [7, 11) is 0. The third-order valence-corrected chi connectivity index (χ3v) is 10.2. The standard InChI is InChI=1S/C33H32O10.C25H27NO5/c1-4-30(34)40-20-6-18-38-26-12-8-24(9-13-26)32(36)42-28-16-17-29(23(3)22-28)43-33(37)25-10-14-27(15-11-25)39-19-7-21-41-31(35)5-2;1-2-24(27)30-18-8-6-4-3-5-7-17-29-22-15-11-21(12-16-22)25(28)31-23-13-9-20(19-26)10-14-23/h4-5,8-17,22H,1-2,6-7,18-21H2,3H3;2,9-16H,1,3-8,17-18H2. The fraction of sp³-hybridized carbons (Fsp3) is 0.259. The molecule has 0 fully saturated rings.